The second-order valence-electron chi connectivity index (χ2n) is 12.2. The number of hydrogen-bond donors (Lipinski definition) is 3. The first kappa shape index (κ1) is 30.5. The summed E-state index contributed by atoms with van der Waals surface area (Å²) in [6, 6.07) is 8.61. The molecule has 2 fully saturated rings. The minimum absolute atomic E-state index is 0.0597. The van der Waals surface area contributed by atoms with Crippen LogP contribution in [0.4, 0.5) is 11.6 Å². The molecule has 0 spiro atoms. The molecule has 1 amide bonds. The number of piperidine rings is 2. The van der Waals surface area contributed by atoms with Gasteiger partial charge in [-0.3, -0.25) is 14.3 Å². The van der Waals surface area contributed by atoms with Gasteiger partial charge in [0, 0.05) is 19.6 Å². The number of anilines is 2. The van der Waals surface area contributed by atoms with Gasteiger partial charge in [-0.15, -0.1) is 0 Å². The quantitative estimate of drug-likeness (QED) is 0.225. The molecule has 0 unspecified atom stereocenters. The van der Waals surface area contributed by atoms with Crippen molar-refractivity contribution in [1.82, 2.24) is 39.3 Å². The molecule has 5 N–H and O–H groups in total. The number of aromatic amines is 1. The van der Waals surface area contributed by atoms with Crippen LogP contribution in [0.1, 0.15) is 67.1 Å². The molecule has 13 heteroatoms. The van der Waals surface area contributed by atoms with Gasteiger partial charge in [-0.2, -0.15) is 9.97 Å². The molecule has 238 valence electrons. The van der Waals surface area contributed by atoms with Crippen LogP contribution in [-0.4, -0.2) is 78.0 Å². The summed E-state index contributed by atoms with van der Waals surface area (Å²) in [5.41, 5.74) is 14.9. The first-order valence-corrected chi connectivity index (χ1v) is 15.9. The third kappa shape index (κ3) is 7.08. The van der Waals surface area contributed by atoms with Crippen molar-refractivity contribution in [3.8, 4) is 6.01 Å². The third-order valence-corrected chi connectivity index (χ3v) is 9.15. The highest BCUT2D eigenvalue weighted by Crippen LogP contribution is 2.33. The van der Waals surface area contributed by atoms with E-state index in [0.29, 0.717) is 47.7 Å². The molecule has 0 aliphatic carbocycles. The van der Waals surface area contributed by atoms with Crippen molar-refractivity contribution in [3.05, 3.63) is 64.0 Å². The van der Waals surface area contributed by atoms with E-state index >= 15 is 0 Å². The van der Waals surface area contributed by atoms with E-state index in [1.807, 2.05) is 4.90 Å². The van der Waals surface area contributed by atoms with Crippen LogP contribution >= 0.6 is 0 Å². The standard InChI is InChI=1S/C32H42N10O3/c1-2-3-16-45-31-38-28(34)27-29(39-31)42(32(44)37-27)20-22-6-4-21(5-7-22)19-40-12-8-23(9-13-40)24-10-14-41(15-11-24)30(43)25-17-36-26(33)18-35-25/h4-7,17-18,23-24H,2-3,8-16,19-20H2,1H3,(H2,33,36)(H,37,44)(H2,34,38,39). The lowest BCUT2D eigenvalue weighted by Crippen LogP contribution is -2.42. The molecule has 2 aliphatic rings. The lowest BCUT2D eigenvalue weighted by atomic mass is 9.78. The summed E-state index contributed by atoms with van der Waals surface area (Å²) < 4.78 is 7.23. The van der Waals surface area contributed by atoms with E-state index in [2.05, 4.69) is 61.0 Å². The Labute approximate surface area is 262 Å². The van der Waals surface area contributed by atoms with Gasteiger partial charge in [0.05, 0.1) is 25.5 Å². The smallest absolute Gasteiger partial charge is 0.328 e. The monoisotopic (exact) mass is 614 g/mol. The Kier molecular flexibility index (Phi) is 9.24. The predicted octanol–water partition coefficient (Wildman–Crippen LogP) is 3.07. The van der Waals surface area contributed by atoms with Gasteiger partial charge in [-0.1, -0.05) is 37.6 Å². The Balaban J connectivity index is 0.990. The number of H-pyrrole nitrogens is 1. The van der Waals surface area contributed by atoms with E-state index in [1.54, 1.807) is 4.57 Å². The maximum Gasteiger partial charge on any atom is 0.328 e. The number of ether oxygens (including phenoxy) is 1. The fourth-order valence-electron chi connectivity index (χ4n) is 6.51. The lowest BCUT2D eigenvalue weighted by Gasteiger charge is -2.40. The van der Waals surface area contributed by atoms with Crippen molar-refractivity contribution in [2.75, 3.05) is 44.3 Å². The molecule has 2 saturated heterocycles. The first-order valence-electron chi connectivity index (χ1n) is 15.9. The van der Waals surface area contributed by atoms with E-state index < -0.39 is 0 Å². The molecule has 45 heavy (non-hydrogen) atoms. The van der Waals surface area contributed by atoms with Crippen LogP contribution in [0.2, 0.25) is 0 Å². The van der Waals surface area contributed by atoms with Gasteiger partial charge in [-0.25, -0.2) is 14.8 Å². The molecule has 13 nitrogen and oxygen atoms in total. The molecule has 3 aromatic heterocycles. The number of aromatic nitrogens is 6. The highest BCUT2D eigenvalue weighted by Gasteiger charge is 2.31. The number of carbonyl (C=O) groups is 1. The largest absolute Gasteiger partial charge is 0.463 e. The van der Waals surface area contributed by atoms with Crippen molar-refractivity contribution < 1.29 is 9.53 Å². The van der Waals surface area contributed by atoms with E-state index in [-0.39, 0.29) is 23.4 Å². The molecule has 1 aromatic carbocycles. The maximum atomic E-state index is 12.8. The normalized spacial score (nSPS) is 16.8. The summed E-state index contributed by atoms with van der Waals surface area (Å²) in [5.74, 6) is 1.81. The summed E-state index contributed by atoms with van der Waals surface area (Å²) in [5, 5.41) is 0. The van der Waals surface area contributed by atoms with Crippen LogP contribution in [0.5, 0.6) is 6.01 Å². The van der Waals surface area contributed by atoms with Crippen molar-refractivity contribution in [2.45, 2.75) is 58.5 Å². The van der Waals surface area contributed by atoms with Crippen molar-refractivity contribution in [2.24, 2.45) is 11.8 Å². The number of carbonyl (C=O) groups excluding carboxylic acids is 1. The van der Waals surface area contributed by atoms with Gasteiger partial charge in [0.25, 0.3) is 5.91 Å². The fourth-order valence-corrected chi connectivity index (χ4v) is 6.51. The Morgan fingerprint density at radius 2 is 1.60 bits per heavy atom. The summed E-state index contributed by atoms with van der Waals surface area (Å²) in [4.78, 5) is 49.6. The summed E-state index contributed by atoms with van der Waals surface area (Å²) >= 11 is 0. The number of rotatable bonds is 10. The van der Waals surface area contributed by atoms with Crippen LogP contribution < -0.4 is 21.9 Å². The van der Waals surface area contributed by atoms with Gasteiger partial charge < -0.3 is 26.1 Å². The topological polar surface area (TPSA) is 174 Å². The molecule has 0 radical (unpaired) electrons. The maximum absolute atomic E-state index is 12.8. The highest BCUT2D eigenvalue weighted by molar-refractivity contribution is 5.92. The number of nitrogens with two attached hydrogens (primary N) is 2. The van der Waals surface area contributed by atoms with Crippen LogP contribution in [0, 0.1) is 11.8 Å². The van der Waals surface area contributed by atoms with Gasteiger partial charge in [0.15, 0.2) is 11.5 Å². The Bertz CT molecular complexity index is 1650. The van der Waals surface area contributed by atoms with Crippen LogP contribution in [0.15, 0.2) is 41.5 Å². The van der Waals surface area contributed by atoms with Gasteiger partial charge >= 0.3 is 11.7 Å². The number of fused-ring (bicyclic) bond motifs is 1. The number of likely N-dealkylation sites (tertiary alicyclic amines) is 2. The number of nitrogen functional groups attached to an aromatic ring is 2. The molecule has 0 atom stereocenters. The van der Waals surface area contributed by atoms with Crippen LogP contribution in [0.3, 0.4) is 0 Å². The number of amides is 1. The molecule has 5 heterocycles. The minimum atomic E-state index is -0.281. The highest BCUT2D eigenvalue weighted by atomic mass is 16.5. The third-order valence-electron chi connectivity index (χ3n) is 9.15. The van der Waals surface area contributed by atoms with Crippen molar-refractivity contribution in [1.29, 1.82) is 0 Å². The molecule has 6 rings (SSSR count). The van der Waals surface area contributed by atoms with E-state index in [1.165, 1.54) is 30.8 Å². The van der Waals surface area contributed by atoms with Crippen LogP contribution in [-0.2, 0) is 13.1 Å². The van der Waals surface area contributed by atoms with E-state index in [9.17, 15) is 9.59 Å². The second kappa shape index (κ2) is 13.6. The molecular formula is C32H42N10O3. The Hall–Kier alpha value is -4.52. The number of imidazole rings is 1. The zero-order chi connectivity index (χ0) is 31.3. The number of benzene rings is 1. The zero-order valence-electron chi connectivity index (χ0n) is 25.8. The molecular weight excluding hydrogens is 572 g/mol. The zero-order valence-corrected chi connectivity index (χ0v) is 25.8. The number of hydrogen-bond acceptors (Lipinski definition) is 10. The average Bonchev–Trinajstić information content (AvgIpc) is 3.37. The van der Waals surface area contributed by atoms with Crippen molar-refractivity contribution >= 4 is 28.7 Å². The molecule has 2 aliphatic heterocycles. The number of unbranched alkanes of at least 4 members (excludes halogenated alkanes) is 1. The van der Waals surface area contributed by atoms with E-state index in [4.69, 9.17) is 16.2 Å². The van der Waals surface area contributed by atoms with Crippen molar-refractivity contribution in [3.63, 3.8) is 0 Å². The predicted molar refractivity (Wildman–Crippen MR) is 172 cm³/mol. The first-order chi connectivity index (χ1) is 21.9. The van der Waals surface area contributed by atoms with E-state index in [0.717, 1.165) is 64.0 Å². The van der Waals surface area contributed by atoms with Gasteiger partial charge in [-0.05, 0) is 68.2 Å². The van der Waals surface area contributed by atoms with Gasteiger partial charge in [0.2, 0.25) is 0 Å². The van der Waals surface area contributed by atoms with Gasteiger partial charge in [0.1, 0.15) is 17.0 Å². The fraction of sp³-hybridized carbons (Fsp3) is 0.500. The molecule has 4 aromatic rings. The number of nitrogens with one attached hydrogen (secondary N) is 1. The lowest BCUT2D eigenvalue weighted by molar-refractivity contribution is 0.0593. The Morgan fingerprint density at radius 3 is 2.24 bits per heavy atom. The summed E-state index contributed by atoms with van der Waals surface area (Å²) in [6.45, 7) is 7.52. The number of nitrogens with zero attached hydrogens (tertiary/aromatic N) is 7. The second-order valence-corrected chi connectivity index (χ2v) is 12.2. The Morgan fingerprint density at radius 1 is 0.933 bits per heavy atom. The summed E-state index contributed by atoms with van der Waals surface area (Å²) in [6.07, 6.45) is 9.20. The SMILES string of the molecule is CCCCOc1nc(N)c2[nH]c(=O)n(Cc3ccc(CN4CCC(C5CCN(C(=O)c6cnc(N)cn6)CC5)CC4)cc3)c2n1. The molecule has 0 saturated carbocycles. The molecule has 0 bridgehead atoms. The van der Waals surface area contributed by atoms with Crippen LogP contribution in [0.25, 0.3) is 11.2 Å². The minimum Gasteiger partial charge on any atom is -0.463 e. The summed E-state index contributed by atoms with van der Waals surface area (Å²) in [7, 11) is 0. The average molecular weight is 615 g/mol.